The van der Waals surface area contributed by atoms with Crippen molar-refractivity contribution in [1.29, 1.82) is 0 Å². The third-order valence-electron chi connectivity index (χ3n) is 3.68. The van der Waals surface area contributed by atoms with Gasteiger partial charge in [0.1, 0.15) is 6.04 Å². The minimum absolute atomic E-state index is 0.0914. The second-order valence-electron chi connectivity index (χ2n) is 5.05. The van der Waals surface area contributed by atoms with Crippen LogP contribution in [0.2, 0.25) is 0 Å². The number of β-lactam (4-membered cyclic amide) rings is 1. The summed E-state index contributed by atoms with van der Waals surface area (Å²) in [6.07, 6.45) is 4.17. The summed E-state index contributed by atoms with van der Waals surface area (Å²) in [6.45, 7) is 1.24. The van der Waals surface area contributed by atoms with E-state index in [-0.39, 0.29) is 11.9 Å². The number of hydrogen-bond acceptors (Lipinski definition) is 3. The molecule has 0 radical (unpaired) electrons. The van der Waals surface area contributed by atoms with Crippen LogP contribution in [0.25, 0.3) is 0 Å². The second kappa shape index (κ2) is 5.66. The Morgan fingerprint density at radius 1 is 1.26 bits per heavy atom. The summed E-state index contributed by atoms with van der Waals surface area (Å²) in [4.78, 5) is 24.7. The van der Waals surface area contributed by atoms with E-state index in [4.69, 9.17) is 39.5 Å². The molecule has 0 N–H and O–H groups in total. The molecule has 1 aliphatic heterocycles. The Balaban J connectivity index is 2.14. The predicted molar refractivity (Wildman–Crippen MR) is 73.4 cm³/mol. The second-order valence-corrected chi connectivity index (χ2v) is 7.42. The van der Waals surface area contributed by atoms with Crippen LogP contribution in [0.15, 0.2) is 0 Å². The van der Waals surface area contributed by atoms with Crippen LogP contribution in [-0.2, 0) is 14.3 Å². The van der Waals surface area contributed by atoms with E-state index in [9.17, 15) is 9.59 Å². The van der Waals surface area contributed by atoms with Crippen molar-refractivity contribution in [2.75, 3.05) is 0 Å². The molecule has 0 aromatic rings. The molecule has 1 heterocycles. The Hall–Kier alpha value is -0.190. The summed E-state index contributed by atoms with van der Waals surface area (Å²) < 4.78 is 3.33. The maximum Gasteiger partial charge on any atom is 0.303 e. The van der Waals surface area contributed by atoms with E-state index >= 15 is 0 Å². The number of halogens is 3. The molecule has 2 atom stereocenters. The maximum atomic E-state index is 12.1. The third-order valence-corrected chi connectivity index (χ3v) is 4.35. The standard InChI is InChI=1S/C12H16Cl3NO3/c1-7(17)19-9-10(12(13,14)15)16(11(9)18)8-5-3-2-4-6-8/h8-10H,2-6H2,1H3/t9-,10-/m0/s1. The van der Waals surface area contributed by atoms with Gasteiger partial charge in [-0.15, -0.1) is 0 Å². The molecule has 2 rings (SSSR count). The summed E-state index contributed by atoms with van der Waals surface area (Å²) in [6, 6.07) is -0.592. The lowest BCUT2D eigenvalue weighted by Crippen LogP contribution is -2.73. The molecule has 2 aliphatic rings. The van der Waals surface area contributed by atoms with E-state index in [1.165, 1.54) is 13.3 Å². The van der Waals surface area contributed by atoms with Crippen LogP contribution in [0.4, 0.5) is 0 Å². The number of amides is 1. The van der Waals surface area contributed by atoms with Crippen molar-refractivity contribution in [3.63, 3.8) is 0 Å². The van der Waals surface area contributed by atoms with Crippen LogP contribution >= 0.6 is 34.8 Å². The van der Waals surface area contributed by atoms with E-state index in [0.717, 1.165) is 25.7 Å². The first-order chi connectivity index (χ1) is 8.82. The highest BCUT2D eigenvalue weighted by Gasteiger charge is 2.60. The monoisotopic (exact) mass is 327 g/mol. The first-order valence-corrected chi connectivity index (χ1v) is 7.52. The highest BCUT2D eigenvalue weighted by atomic mass is 35.6. The van der Waals surface area contributed by atoms with Gasteiger partial charge in [0, 0.05) is 13.0 Å². The molecule has 7 heteroatoms. The highest BCUT2D eigenvalue weighted by molar-refractivity contribution is 6.68. The topological polar surface area (TPSA) is 46.6 Å². The number of ether oxygens (including phenoxy) is 1. The Morgan fingerprint density at radius 3 is 2.32 bits per heavy atom. The van der Waals surface area contributed by atoms with Crippen LogP contribution < -0.4 is 0 Å². The fourth-order valence-electron chi connectivity index (χ4n) is 2.87. The van der Waals surface area contributed by atoms with Crippen molar-refractivity contribution in [2.45, 2.75) is 61.0 Å². The van der Waals surface area contributed by atoms with Gasteiger partial charge in [-0.25, -0.2) is 0 Å². The summed E-state index contributed by atoms with van der Waals surface area (Å²) >= 11 is 17.8. The van der Waals surface area contributed by atoms with Gasteiger partial charge in [-0.2, -0.15) is 0 Å². The molecular weight excluding hydrogens is 312 g/mol. The fourth-order valence-corrected chi connectivity index (χ4v) is 3.53. The normalized spacial score (nSPS) is 29.1. The Kier molecular flexibility index (Phi) is 4.53. The third kappa shape index (κ3) is 3.11. The molecule has 1 amide bonds. The number of hydrogen-bond donors (Lipinski definition) is 0. The number of rotatable bonds is 2. The van der Waals surface area contributed by atoms with E-state index in [0.29, 0.717) is 0 Å². The number of nitrogens with zero attached hydrogens (tertiary/aromatic N) is 1. The van der Waals surface area contributed by atoms with E-state index in [1.54, 1.807) is 4.90 Å². The Bertz CT molecular complexity index is 377. The van der Waals surface area contributed by atoms with Gasteiger partial charge in [-0.1, -0.05) is 54.1 Å². The molecule has 4 nitrogen and oxygen atoms in total. The molecule has 0 aromatic carbocycles. The summed E-state index contributed by atoms with van der Waals surface area (Å²) in [7, 11) is 0. The molecule has 1 aliphatic carbocycles. The number of esters is 1. The fraction of sp³-hybridized carbons (Fsp3) is 0.833. The lowest BCUT2D eigenvalue weighted by atomic mass is 9.87. The molecule has 1 saturated heterocycles. The van der Waals surface area contributed by atoms with Gasteiger partial charge < -0.3 is 9.64 Å². The van der Waals surface area contributed by atoms with Crippen LogP contribution in [0.5, 0.6) is 0 Å². The van der Waals surface area contributed by atoms with Crippen molar-refractivity contribution >= 4 is 46.7 Å². The number of carbonyl (C=O) groups excluding carboxylic acids is 2. The number of likely N-dealkylation sites (tertiary alicyclic amines) is 1. The largest absolute Gasteiger partial charge is 0.450 e. The molecule has 19 heavy (non-hydrogen) atoms. The van der Waals surface area contributed by atoms with Crippen molar-refractivity contribution < 1.29 is 14.3 Å². The summed E-state index contributed by atoms with van der Waals surface area (Å²) in [5, 5.41) is 0. The van der Waals surface area contributed by atoms with Crippen molar-refractivity contribution in [1.82, 2.24) is 4.90 Å². The maximum absolute atomic E-state index is 12.1. The van der Waals surface area contributed by atoms with E-state index in [1.807, 2.05) is 0 Å². The molecule has 0 bridgehead atoms. The minimum atomic E-state index is -1.65. The zero-order valence-electron chi connectivity index (χ0n) is 10.6. The molecule has 0 unspecified atom stereocenters. The average Bonchev–Trinajstić information content (AvgIpc) is 2.32. The molecule has 2 fully saturated rings. The number of carbonyl (C=O) groups is 2. The molecule has 0 spiro atoms. The smallest absolute Gasteiger partial charge is 0.303 e. The number of alkyl halides is 3. The van der Waals surface area contributed by atoms with Gasteiger partial charge >= 0.3 is 5.97 Å². The minimum Gasteiger partial charge on any atom is -0.450 e. The molecule has 1 saturated carbocycles. The Labute approximate surface area is 127 Å². The molecular formula is C12H16Cl3NO3. The lowest BCUT2D eigenvalue weighted by Gasteiger charge is -2.53. The van der Waals surface area contributed by atoms with Gasteiger partial charge in [0.25, 0.3) is 5.91 Å². The zero-order valence-corrected chi connectivity index (χ0v) is 12.8. The van der Waals surface area contributed by atoms with Gasteiger partial charge in [-0.05, 0) is 12.8 Å². The molecule has 0 aromatic heterocycles. The van der Waals surface area contributed by atoms with Crippen LogP contribution in [0.1, 0.15) is 39.0 Å². The average molecular weight is 329 g/mol. The van der Waals surface area contributed by atoms with Crippen molar-refractivity contribution in [3.8, 4) is 0 Å². The SMILES string of the molecule is CC(=O)O[C@@H]1C(=O)N(C2CCCCC2)[C@@H]1C(Cl)(Cl)Cl. The quantitative estimate of drug-likeness (QED) is 0.445. The predicted octanol–water partition coefficient (Wildman–Crippen LogP) is 2.83. The van der Waals surface area contributed by atoms with Crippen molar-refractivity contribution in [2.24, 2.45) is 0 Å². The Morgan fingerprint density at radius 2 is 1.84 bits per heavy atom. The van der Waals surface area contributed by atoms with Crippen LogP contribution in [0, 0.1) is 0 Å². The van der Waals surface area contributed by atoms with Gasteiger partial charge in [-0.3, -0.25) is 9.59 Å². The molecule has 108 valence electrons. The van der Waals surface area contributed by atoms with Crippen molar-refractivity contribution in [3.05, 3.63) is 0 Å². The van der Waals surface area contributed by atoms with E-state index in [2.05, 4.69) is 0 Å². The first-order valence-electron chi connectivity index (χ1n) is 6.38. The van der Waals surface area contributed by atoms with Gasteiger partial charge in [0.15, 0.2) is 0 Å². The summed E-state index contributed by atoms with van der Waals surface area (Å²) in [5.41, 5.74) is 0. The van der Waals surface area contributed by atoms with Crippen LogP contribution in [0.3, 0.4) is 0 Å². The summed E-state index contributed by atoms with van der Waals surface area (Å²) in [5.74, 6) is -0.792. The van der Waals surface area contributed by atoms with Gasteiger partial charge in [0.05, 0.1) is 0 Å². The first kappa shape index (κ1) is 15.2. The lowest BCUT2D eigenvalue weighted by molar-refractivity contribution is -0.186. The van der Waals surface area contributed by atoms with Crippen LogP contribution in [-0.4, -0.2) is 38.8 Å². The zero-order chi connectivity index (χ0) is 14.2. The van der Waals surface area contributed by atoms with Gasteiger partial charge in [0.2, 0.25) is 9.90 Å². The van der Waals surface area contributed by atoms with E-state index < -0.39 is 21.9 Å². The highest BCUT2D eigenvalue weighted by Crippen LogP contribution is 2.44.